The van der Waals surface area contributed by atoms with Crippen molar-refractivity contribution in [2.45, 2.75) is 33.3 Å². The summed E-state index contributed by atoms with van der Waals surface area (Å²) in [7, 11) is 3.84. The van der Waals surface area contributed by atoms with Crippen molar-refractivity contribution in [2.24, 2.45) is 0 Å². The number of hydrogen-bond acceptors (Lipinski definition) is 6. The highest BCUT2D eigenvalue weighted by Crippen LogP contribution is 2.36. The van der Waals surface area contributed by atoms with E-state index in [-0.39, 0.29) is 19.1 Å². The second kappa shape index (κ2) is 9.78. The van der Waals surface area contributed by atoms with Gasteiger partial charge in [-0.15, -0.1) is 0 Å². The first-order valence-corrected chi connectivity index (χ1v) is 9.85. The van der Waals surface area contributed by atoms with E-state index in [2.05, 4.69) is 0 Å². The molecule has 0 N–H and O–H groups in total. The Bertz CT molecular complexity index is 765. The minimum absolute atomic E-state index is 0.104. The monoisotopic (exact) mass is 404 g/mol. The van der Waals surface area contributed by atoms with Crippen molar-refractivity contribution in [2.75, 3.05) is 46.9 Å². The molecule has 7 nitrogen and oxygen atoms in total. The maximum absolute atomic E-state index is 13.2. The van der Waals surface area contributed by atoms with Gasteiger partial charge in [0.15, 0.2) is 11.5 Å². The number of rotatable bonds is 8. The van der Waals surface area contributed by atoms with Gasteiger partial charge in [-0.3, -0.25) is 9.59 Å². The number of ether oxygens (including phenoxy) is 3. The summed E-state index contributed by atoms with van der Waals surface area (Å²) in [6, 6.07) is 5.58. The average Bonchev–Trinajstić information content (AvgIpc) is 2.63. The number of likely N-dealkylation sites (N-methyl/N-ethyl adjacent to an activating group) is 1. The highest BCUT2D eigenvalue weighted by atomic mass is 16.6. The standard InChI is InChI=1S/C22H32N2O5/c1-7-27-18-10-8-9-16-13-17(15-28-20(16)18)21(26)24(12-11-23(5)6)14-19(25)29-22(2,3)4/h8-10,13H,7,11-12,14-15H2,1-6H3. The van der Waals surface area contributed by atoms with Crippen LogP contribution >= 0.6 is 0 Å². The van der Waals surface area contributed by atoms with Crippen molar-refractivity contribution in [1.82, 2.24) is 9.80 Å². The maximum atomic E-state index is 13.2. The van der Waals surface area contributed by atoms with Crippen LogP contribution in [0.4, 0.5) is 0 Å². The Hall–Kier alpha value is -2.54. The molecule has 0 unspecified atom stereocenters. The lowest BCUT2D eigenvalue weighted by atomic mass is 10.1. The van der Waals surface area contributed by atoms with Gasteiger partial charge in [0, 0.05) is 18.7 Å². The van der Waals surface area contributed by atoms with Gasteiger partial charge >= 0.3 is 5.97 Å². The molecule has 1 aliphatic heterocycles. The highest BCUT2D eigenvalue weighted by molar-refractivity contribution is 6.00. The SMILES string of the molecule is CCOc1cccc2c1OCC(C(=O)N(CCN(C)C)CC(=O)OC(C)(C)C)=C2. The predicted octanol–water partition coefficient (Wildman–Crippen LogP) is 2.59. The molecule has 0 bridgehead atoms. The zero-order valence-corrected chi connectivity index (χ0v) is 18.3. The Kier molecular flexibility index (Phi) is 7.67. The second-order valence-electron chi connectivity index (χ2n) is 8.18. The number of fused-ring (bicyclic) bond motifs is 1. The number of carbonyl (C=O) groups is 2. The lowest BCUT2D eigenvalue weighted by Crippen LogP contribution is -2.43. The summed E-state index contributed by atoms with van der Waals surface area (Å²) >= 11 is 0. The molecule has 29 heavy (non-hydrogen) atoms. The van der Waals surface area contributed by atoms with Crippen molar-refractivity contribution < 1.29 is 23.8 Å². The summed E-state index contributed by atoms with van der Waals surface area (Å²) < 4.78 is 16.8. The number of carbonyl (C=O) groups excluding carboxylic acids is 2. The highest BCUT2D eigenvalue weighted by Gasteiger charge is 2.27. The molecule has 0 spiro atoms. The molecule has 160 valence electrons. The Morgan fingerprint density at radius 1 is 1.17 bits per heavy atom. The summed E-state index contributed by atoms with van der Waals surface area (Å²) in [5.74, 6) is 0.634. The molecule has 0 atom stereocenters. The number of benzene rings is 1. The molecule has 0 saturated heterocycles. The molecule has 0 aromatic heterocycles. The minimum atomic E-state index is -0.602. The maximum Gasteiger partial charge on any atom is 0.326 e. The van der Waals surface area contributed by atoms with Crippen LogP contribution in [0.15, 0.2) is 23.8 Å². The van der Waals surface area contributed by atoms with Crippen LogP contribution < -0.4 is 9.47 Å². The molecule has 0 saturated carbocycles. The molecule has 7 heteroatoms. The topological polar surface area (TPSA) is 68.3 Å². The van der Waals surface area contributed by atoms with Crippen molar-refractivity contribution >= 4 is 18.0 Å². The van der Waals surface area contributed by atoms with E-state index in [4.69, 9.17) is 14.2 Å². The Morgan fingerprint density at radius 3 is 2.52 bits per heavy atom. The molecular formula is C22H32N2O5. The van der Waals surface area contributed by atoms with Gasteiger partial charge in [-0.2, -0.15) is 0 Å². The largest absolute Gasteiger partial charge is 0.490 e. The van der Waals surface area contributed by atoms with Gasteiger partial charge in [-0.05, 0) is 53.9 Å². The van der Waals surface area contributed by atoms with E-state index < -0.39 is 11.6 Å². The summed E-state index contributed by atoms with van der Waals surface area (Å²) in [6.45, 7) is 8.93. The van der Waals surface area contributed by atoms with Gasteiger partial charge in [0.25, 0.3) is 5.91 Å². The van der Waals surface area contributed by atoms with Crippen LogP contribution in [-0.4, -0.2) is 74.2 Å². The molecule has 0 fully saturated rings. The van der Waals surface area contributed by atoms with Crippen molar-refractivity contribution in [3.63, 3.8) is 0 Å². The minimum Gasteiger partial charge on any atom is -0.490 e. The molecular weight excluding hydrogens is 372 g/mol. The molecule has 1 heterocycles. The van der Waals surface area contributed by atoms with E-state index in [0.29, 0.717) is 36.8 Å². The Morgan fingerprint density at radius 2 is 1.90 bits per heavy atom. The van der Waals surface area contributed by atoms with Gasteiger partial charge in [-0.25, -0.2) is 0 Å². The fourth-order valence-corrected chi connectivity index (χ4v) is 2.88. The van der Waals surface area contributed by atoms with Gasteiger partial charge in [-0.1, -0.05) is 12.1 Å². The first-order valence-electron chi connectivity index (χ1n) is 9.85. The molecule has 1 aromatic carbocycles. The normalized spacial score (nSPS) is 13.3. The van der Waals surface area contributed by atoms with Crippen LogP contribution in [0.3, 0.4) is 0 Å². The predicted molar refractivity (Wildman–Crippen MR) is 112 cm³/mol. The lowest BCUT2D eigenvalue weighted by Gasteiger charge is -2.28. The van der Waals surface area contributed by atoms with Crippen molar-refractivity contribution in [3.05, 3.63) is 29.3 Å². The van der Waals surface area contributed by atoms with E-state index in [1.807, 2.05) is 44.1 Å². The van der Waals surface area contributed by atoms with Crippen molar-refractivity contribution in [3.8, 4) is 11.5 Å². The van der Waals surface area contributed by atoms with Crippen molar-refractivity contribution in [1.29, 1.82) is 0 Å². The zero-order valence-electron chi connectivity index (χ0n) is 18.3. The smallest absolute Gasteiger partial charge is 0.326 e. The van der Waals surface area contributed by atoms with E-state index in [9.17, 15) is 9.59 Å². The quantitative estimate of drug-likeness (QED) is 0.621. The summed E-state index contributed by atoms with van der Waals surface area (Å²) in [6.07, 6.45) is 1.81. The Labute approximate surface area is 173 Å². The van der Waals surface area contributed by atoms with E-state index in [0.717, 1.165) is 5.56 Å². The first kappa shape index (κ1) is 22.7. The van der Waals surface area contributed by atoms with Gasteiger partial charge < -0.3 is 24.0 Å². The summed E-state index contributed by atoms with van der Waals surface area (Å²) in [5, 5.41) is 0. The second-order valence-corrected chi connectivity index (χ2v) is 8.18. The molecule has 0 radical (unpaired) electrons. The van der Waals surface area contributed by atoms with E-state index in [1.165, 1.54) is 4.90 Å². The number of esters is 1. The molecule has 1 aromatic rings. The third kappa shape index (κ3) is 6.78. The molecule has 1 aliphatic rings. The van der Waals surface area contributed by atoms with Crippen LogP contribution in [0.1, 0.15) is 33.3 Å². The van der Waals surface area contributed by atoms with Gasteiger partial charge in [0.1, 0.15) is 18.8 Å². The van der Waals surface area contributed by atoms with Gasteiger partial charge in [0.05, 0.1) is 12.2 Å². The van der Waals surface area contributed by atoms with Gasteiger partial charge in [0.2, 0.25) is 0 Å². The van der Waals surface area contributed by atoms with Crippen LogP contribution in [0.5, 0.6) is 11.5 Å². The summed E-state index contributed by atoms with van der Waals surface area (Å²) in [5.41, 5.74) is 0.679. The van der Waals surface area contributed by atoms with Crippen LogP contribution in [0, 0.1) is 0 Å². The fraction of sp³-hybridized carbons (Fsp3) is 0.545. The van der Waals surface area contributed by atoms with Crippen LogP contribution in [0.25, 0.3) is 6.08 Å². The number of amides is 1. The molecule has 2 rings (SSSR count). The lowest BCUT2D eigenvalue weighted by molar-refractivity contribution is -0.158. The number of nitrogens with zero attached hydrogens (tertiary/aromatic N) is 2. The zero-order chi connectivity index (χ0) is 21.6. The number of hydrogen-bond donors (Lipinski definition) is 0. The van der Waals surface area contributed by atoms with E-state index in [1.54, 1.807) is 26.8 Å². The molecule has 1 amide bonds. The third-order valence-electron chi connectivity index (χ3n) is 4.13. The third-order valence-corrected chi connectivity index (χ3v) is 4.13. The average molecular weight is 405 g/mol. The van der Waals surface area contributed by atoms with E-state index >= 15 is 0 Å². The molecule has 0 aliphatic carbocycles. The number of para-hydroxylation sites is 1. The fourth-order valence-electron chi connectivity index (χ4n) is 2.88. The first-order chi connectivity index (χ1) is 13.6. The summed E-state index contributed by atoms with van der Waals surface area (Å²) in [4.78, 5) is 28.9. The van der Waals surface area contributed by atoms with Crippen LogP contribution in [0.2, 0.25) is 0 Å². The Balaban J connectivity index is 2.21. The van der Waals surface area contributed by atoms with Crippen LogP contribution in [-0.2, 0) is 14.3 Å².